The summed E-state index contributed by atoms with van der Waals surface area (Å²) in [7, 11) is -2.11. The van der Waals surface area contributed by atoms with Crippen LogP contribution < -0.4 is 0 Å². The predicted octanol–water partition coefficient (Wildman–Crippen LogP) is 4.30. The maximum absolute atomic E-state index is 11.4. The maximum Gasteiger partial charge on any atom is 0.698 e. The Hall–Kier alpha value is 1.86. The minimum Gasteiger partial charge on any atom is -0.175 e. The fourth-order valence-corrected chi connectivity index (χ4v) is 3.18. The Balaban J connectivity index is 3.80. The minimum absolute atomic E-state index is 0.210. The molecule has 0 fully saturated rings. The van der Waals surface area contributed by atoms with Crippen LogP contribution in [-0.4, -0.2) is 31.2 Å². The van der Waals surface area contributed by atoms with Crippen molar-refractivity contribution in [1.82, 2.24) is 5.90 Å². The van der Waals surface area contributed by atoms with Crippen LogP contribution >= 0.6 is 72.8 Å². The minimum atomic E-state index is -2.11. The topological polar surface area (TPSA) is 42.0 Å². The van der Waals surface area contributed by atoms with Crippen LogP contribution in [0.2, 0.25) is 0 Å². The molecular formula is C6H12Br4N2O3P+. The van der Waals surface area contributed by atoms with Crippen molar-refractivity contribution in [1.29, 1.82) is 0 Å². The third kappa shape index (κ3) is 11.0. The molecule has 2 atom stereocenters. The highest BCUT2D eigenvalue weighted by Crippen LogP contribution is 2.29. The van der Waals surface area contributed by atoms with E-state index in [-0.39, 0.29) is 12.2 Å². The Morgan fingerprint density at radius 2 is 1.31 bits per heavy atom. The Labute approximate surface area is 130 Å². The molecule has 2 unspecified atom stereocenters. The second-order valence-electron chi connectivity index (χ2n) is 3.03. The van der Waals surface area contributed by atoms with Crippen molar-refractivity contribution in [3.63, 3.8) is 0 Å². The van der Waals surface area contributed by atoms with Crippen molar-refractivity contribution in [2.75, 3.05) is 13.1 Å². The molecule has 0 heterocycles. The first-order valence-corrected chi connectivity index (χ1v) is 8.23. The molecule has 0 radical (unpaired) electrons. The van der Waals surface area contributed by atoms with Gasteiger partial charge in [-0.3, -0.25) is 0 Å². The van der Waals surface area contributed by atoms with Gasteiger partial charge in [0.15, 0.2) is 0 Å². The largest absolute Gasteiger partial charge is 0.698 e. The van der Waals surface area contributed by atoms with Crippen LogP contribution in [0.15, 0.2) is 0 Å². The van der Waals surface area contributed by atoms with Crippen LogP contribution in [-0.2, 0) is 13.6 Å². The molecule has 5 nitrogen and oxygen atoms in total. The molecule has 0 amide bonds. The Morgan fingerprint density at radius 1 is 1.00 bits per heavy atom. The first-order chi connectivity index (χ1) is 7.31. The fourth-order valence-electron chi connectivity index (χ4n) is 0.774. The lowest BCUT2D eigenvalue weighted by atomic mass is 10.4. The summed E-state index contributed by atoms with van der Waals surface area (Å²) in [6.45, 7) is 4.69. The summed E-state index contributed by atoms with van der Waals surface area (Å²) in [4.78, 5) is 0. The number of nitrogens with zero attached hydrogens (tertiary/aromatic N) is 2. The number of halogens is 4. The van der Waals surface area contributed by atoms with Crippen LogP contribution in [0.3, 0.4) is 0 Å². The zero-order valence-corrected chi connectivity index (χ0v) is 15.9. The van der Waals surface area contributed by atoms with Gasteiger partial charge in [-0.1, -0.05) is 0 Å². The molecule has 0 aromatic heterocycles. The molecule has 0 aliphatic rings. The lowest BCUT2D eigenvalue weighted by Gasteiger charge is -2.09. The molecular weight excluding hydrogens is 499 g/mol. The monoisotopic (exact) mass is 507 g/mol. The molecule has 0 saturated carbocycles. The molecule has 0 spiro atoms. The van der Waals surface area contributed by atoms with E-state index in [9.17, 15) is 4.57 Å². The van der Waals surface area contributed by atoms with Crippen molar-refractivity contribution in [2.24, 2.45) is 0 Å². The van der Waals surface area contributed by atoms with E-state index in [2.05, 4.69) is 64.6 Å². The van der Waals surface area contributed by atoms with E-state index in [1.165, 1.54) is 0 Å². The molecule has 0 N–H and O–H groups in total. The molecule has 96 valence electrons. The normalized spacial score (nSPS) is 16.6. The quantitative estimate of drug-likeness (QED) is 0.360. The Bertz CT molecular complexity index is 202. The molecule has 0 aliphatic carbocycles. The molecule has 0 bridgehead atoms. The number of hydrogen-bond acceptors (Lipinski definition) is 5. The highest BCUT2D eigenvalue weighted by Gasteiger charge is 2.29. The summed E-state index contributed by atoms with van der Waals surface area (Å²) in [6, 6.07) is 0. The summed E-state index contributed by atoms with van der Waals surface area (Å²) >= 11 is 12.7. The maximum atomic E-state index is 11.4. The Morgan fingerprint density at radius 3 is 1.56 bits per heavy atom. The van der Waals surface area contributed by atoms with Gasteiger partial charge in [0.25, 0.3) is 0 Å². The predicted molar refractivity (Wildman–Crippen MR) is 77.8 cm³/mol. The third-order valence-corrected chi connectivity index (χ3v) is 3.54. The van der Waals surface area contributed by atoms with Gasteiger partial charge >= 0.3 is 8.25 Å². The smallest absolute Gasteiger partial charge is 0.175 e. The van der Waals surface area contributed by atoms with Gasteiger partial charge in [-0.05, 0) is 13.8 Å². The van der Waals surface area contributed by atoms with Crippen molar-refractivity contribution >= 4 is 72.8 Å². The lowest BCUT2D eigenvalue weighted by molar-refractivity contribution is 0.140. The SMILES string of the molecule is CC(CN(Br)Br)O[P+](=O)OC(C)CN(Br)Br. The van der Waals surface area contributed by atoms with E-state index in [1.54, 1.807) is 19.8 Å². The molecule has 0 rings (SSSR count). The van der Waals surface area contributed by atoms with Crippen LogP contribution in [0.25, 0.3) is 0 Å². The summed E-state index contributed by atoms with van der Waals surface area (Å²) in [5.41, 5.74) is 0. The third-order valence-electron chi connectivity index (χ3n) is 1.32. The summed E-state index contributed by atoms with van der Waals surface area (Å²) in [6.07, 6.45) is -0.419. The van der Waals surface area contributed by atoms with Crippen LogP contribution in [0.4, 0.5) is 0 Å². The van der Waals surface area contributed by atoms with Gasteiger partial charge in [0.05, 0.1) is 13.1 Å². The van der Waals surface area contributed by atoms with E-state index in [0.29, 0.717) is 13.1 Å². The average molecular weight is 511 g/mol. The van der Waals surface area contributed by atoms with E-state index >= 15 is 0 Å². The summed E-state index contributed by atoms with van der Waals surface area (Å²) in [5.74, 6) is 0. The van der Waals surface area contributed by atoms with E-state index < -0.39 is 8.25 Å². The molecule has 0 aromatic rings. The second-order valence-corrected chi connectivity index (χ2v) is 9.22. The Kier molecular flexibility index (Phi) is 10.9. The highest BCUT2D eigenvalue weighted by molar-refractivity contribution is 9.21. The first-order valence-electron chi connectivity index (χ1n) is 4.30. The van der Waals surface area contributed by atoms with Gasteiger partial charge in [0.1, 0.15) is 12.2 Å². The number of hydrogen-bond donors (Lipinski definition) is 0. The van der Waals surface area contributed by atoms with E-state index in [1.807, 2.05) is 0 Å². The lowest BCUT2D eigenvalue weighted by Crippen LogP contribution is -2.19. The second kappa shape index (κ2) is 9.75. The molecule has 16 heavy (non-hydrogen) atoms. The molecule has 0 saturated heterocycles. The van der Waals surface area contributed by atoms with Crippen molar-refractivity contribution in [3.8, 4) is 0 Å². The standard InChI is InChI=1S/C6H12Br4N2O3P/c1-5(3-11(7)8)14-16(13)15-6(2)4-12(9)10/h5-6H,3-4H2,1-2H3/q+1. The zero-order chi connectivity index (χ0) is 12.7. The first kappa shape index (κ1) is 17.9. The zero-order valence-electron chi connectivity index (χ0n) is 8.65. The van der Waals surface area contributed by atoms with E-state index in [4.69, 9.17) is 9.05 Å². The average Bonchev–Trinajstić information content (AvgIpc) is 1.97. The van der Waals surface area contributed by atoms with Crippen LogP contribution in [0.5, 0.6) is 0 Å². The van der Waals surface area contributed by atoms with E-state index in [0.717, 1.165) is 0 Å². The van der Waals surface area contributed by atoms with Crippen molar-refractivity contribution in [3.05, 3.63) is 0 Å². The number of rotatable bonds is 8. The highest BCUT2D eigenvalue weighted by atomic mass is 79.9. The molecule has 0 aromatic carbocycles. The van der Waals surface area contributed by atoms with Gasteiger partial charge in [-0.15, -0.1) is 9.05 Å². The van der Waals surface area contributed by atoms with Crippen molar-refractivity contribution < 1.29 is 13.6 Å². The fraction of sp³-hybridized carbons (Fsp3) is 1.00. The van der Waals surface area contributed by atoms with Crippen LogP contribution in [0.1, 0.15) is 13.8 Å². The molecule has 0 aliphatic heterocycles. The summed E-state index contributed by atoms with van der Waals surface area (Å²) in [5, 5.41) is 0. The van der Waals surface area contributed by atoms with Gasteiger partial charge in [0, 0.05) is 69.2 Å². The van der Waals surface area contributed by atoms with Crippen LogP contribution in [0, 0.1) is 0 Å². The van der Waals surface area contributed by atoms with Crippen molar-refractivity contribution in [2.45, 2.75) is 26.1 Å². The van der Waals surface area contributed by atoms with Gasteiger partial charge in [-0.2, -0.15) is 5.90 Å². The summed E-state index contributed by atoms with van der Waals surface area (Å²) < 4.78 is 24.9. The van der Waals surface area contributed by atoms with Gasteiger partial charge < -0.3 is 0 Å². The van der Waals surface area contributed by atoms with Gasteiger partial charge in [-0.25, -0.2) is 0 Å². The molecule has 10 heteroatoms. The van der Waals surface area contributed by atoms with Gasteiger partial charge in [0.2, 0.25) is 0 Å².